The smallest absolute Gasteiger partial charge is 0.279 e. The fourth-order valence-corrected chi connectivity index (χ4v) is 4.18. The average molecular weight is 401 g/mol. The third-order valence-electron chi connectivity index (χ3n) is 5.23. The van der Waals surface area contributed by atoms with Crippen LogP contribution in [0.2, 0.25) is 0 Å². The standard InChI is InChI=1S/C19H23N5O3S/c1-4-24-15-11-19(2,3)10-9-14(15)16(22-24)18-21-17(23-27-18)12-5-7-13(8-6-12)28(20,25)26/h5-8H,4,9-11H2,1-3H3,(H2,20,25,26). The quantitative estimate of drug-likeness (QED) is 0.718. The summed E-state index contributed by atoms with van der Waals surface area (Å²) in [6, 6.07) is 6.07. The van der Waals surface area contributed by atoms with Crippen LogP contribution in [0, 0.1) is 5.41 Å². The second kappa shape index (κ2) is 6.52. The van der Waals surface area contributed by atoms with Gasteiger partial charge in [0.2, 0.25) is 15.8 Å². The van der Waals surface area contributed by atoms with E-state index in [1.165, 1.54) is 23.4 Å². The molecule has 0 bridgehead atoms. The van der Waals surface area contributed by atoms with E-state index in [2.05, 4.69) is 30.9 Å². The van der Waals surface area contributed by atoms with Gasteiger partial charge in [0.1, 0.15) is 0 Å². The first kappa shape index (κ1) is 18.8. The molecule has 0 radical (unpaired) electrons. The molecular weight excluding hydrogens is 378 g/mol. The van der Waals surface area contributed by atoms with Gasteiger partial charge in [-0.25, -0.2) is 13.6 Å². The van der Waals surface area contributed by atoms with Gasteiger partial charge >= 0.3 is 0 Å². The number of hydrogen-bond acceptors (Lipinski definition) is 6. The van der Waals surface area contributed by atoms with E-state index >= 15 is 0 Å². The lowest BCUT2D eigenvalue weighted by Gasteiger charge is -2.30. The van der Waals surface area contributed by atoms with Gasteiger partial charge in [0.25, 0.3) is 5.89 Å². The molecule has 0 saturated carbocycles. The monoisotopic (exact) mass is 401 g/mol. The SMILES string of the molecule is CCn1nc(-c2nc(-c3ccc(S(N)(=O)=O)cc3)no2)c2c1CC(C)(C)CC2. The Balaban J connectivity index is 1.70. The summed E-state index contributed by atoms with van der Waals surface area (Å²) in [6.45, 7) is 7.41. The highest BCUT2D eigenvalue weighted by atomic mass is 32.2. The molecule has 4 rings (SSSR count). The number of hydrogen-bond donors (Lipinski definition) is 1. The van der Waals surface area contributed by atoms with Crippen molar-refractivity contribution in [3.05, 3.63) is 35.5 Å². The summed E-state index contributed by atoms with van der Waals surface area (Å²) >= 11 is 0. The van der Waals surface area contributed by atoms with E-state index in [1.54, 1.807) is 12.1 Å². The number of aromatic nitrogens is 4. The molecular formula is C19H23N5O3S. The number of nitrogens with zero attached hydrogens (tertiary/aromatic N) is 4. The van der Waals surface area contributed by atoms with Crippen molar-refractivity contribution in [1.82, 2.24) is 19.9 Å². The first-order chi connectivity index (χ1) is 13.2. The maximum atomic E-state index is 11.4. The Morgan fingerprint density at radius 1 is 1.25 bits per heavy atom. The van der Waals surface area contributed by atoms with E-state index in [1.807, 2.05) is 4.68 Å². The van der Waals surface area contributed by atoms with E-state index in [4.69, 9.17) is 14.8 Å². The summed E-state index contributed by atoms with van der Waals surface area (Å²) in [6.07, 6.45) is 2.98. The topological polar surface area (TPSA) is 117 Å². The van der Waals surface area contributed by atoms with Gasteiger partial charge in [0.15, 0.2) is 5.69 Å². The van der Waals surface area contributed by atoms with Crippen LogP contribution in [0.1, 0.15) is 38.4 Å². The molecule has 0 aliphatic heterocycles. The molecule has 9 heteroatoms. The van der Waals surface area contributed by atoms with Gasteiger partial charge in [0, 0.05) is 23.4 Å². The normalized spacial score (nSPS) is 16.1. The van der Waals surface area contributed by atoms with Gasteiger partial charge in [0.05, 0.1) is 4.90 Å². The predicted octanol–water partition coefficient (Wildman–Crippen LogP) is 2.78. The molecule has 2 heterocycles. The van der Waals surface area contributed by atoms with E-state index in [-0.39, 0.29) is 10.3 Å². The summed E-state index contributed by atoms with van der Waals surface area (Å²) in [5, 5.41) is 13.9. The molecule has 3 aromatic rings. The first-order valence-electron chi connectivity index (χ1n) is 9.24. The number of nitrogens with two attached hydrogens (primary N) is 1. The number of benzene rings is 1. The first-order valence-corrected chi connectivity index (χ1v) is 10.8. The summed E-state index contributed by atoms with van der Waals surface area (Å²) in [5.41, 5.74) is 4.06. The Labute approximate surface area is 163 Å². The third kappa shape index (κ3) is 3.35. The van der Waals surface area contributed by atoms with Crippen LogP contribution >= 0.6 is 0 Å². The number of primary sulfonamides is 1. The molecule has 28 heavy (non-hydrogen) atoms. The van der Waals surface area contributed by atoms with Crippen molar-refractivity contribution in [3.8, 4) is 23.0 Å². The zero-order chi connectivity index (χ0) is 20.1. The van der Waals surface area contributed by atoms with Gasteiger partial charge in [-0.05, 0) is 55.9 Å². The Kier molecular flexibility index (Phi) is 4.39. The molecule has 0 atom stereocenters. The van der Waals surface area contributed by atoms with Crippen LogP contribution in [0.25, 0.3) is 23.0 Å². The summed E-state index contributed by atoms with van der Waals surface area (Å²) < 4.78 is 30.3. The highest BCUT2D eigenvalue weighted by Crippen LogP contribution is 2.39. The number of sulfonamides is 1. The molecule has 0 saturated heterocycles. The molecule has 1 aliphatic rings. The van der Waals surface area contributed by atoms with E-state index in [0.29, 0.717) is 17.3 Å². The fourth-order valence-electron chi connectivity index (χ4n) is 3.66. The maximum Gasteiger partial charge on any atom is 0.279 e. The highest BCUT2D eigenvalue weighted by Gasteiger charge is 2.32. The van der Waals surface area contributed by atoms with Crippen LogP contribution in [-0.2, 0) is 29.4 Å². The number of aryl methyl sites for hydroxylation is 1. The lowest BCUT2D eigenvalue weighted by molar-refractivity contribution is 0.304. The Bertz CT molecular complexity index is 1130. The average Bonchev–Trinajstić information content (AvgIpc) is 3.24. The van der Waals surface area contributed by atoms with Gasteiger partial charge in [-0.3, -0.25) is 4.68 Å². The van der Waals surface area contributed by atoms with Crippen LogP contribution in [-0.4, -0.2) is 28.3 Å². The van der Waals surface area contributed by atoms with Crippen LogP contribution in [0.3, 0.4) is 0 Å². The molecule has 1 aliphatic carbocycles. The van der Waals surface area contributed by atoms with Gasteiger partial charge in [-0.2, -0.15) is 10.1 Å². The van der Waals surface area contributed by atoms with Crippen molar-refractivity contribution < 1.29 is 12.9 Å². The second-order valence-corrected chi connectivity index (χ2v) is 9.48. The largest absolute Gasteiger partial charge is 0.332 e. The zero-order valence-corrected chi connectivity index (χ0v) is 17.0. The van der Waals surface area contributed by atoms with E-state index in [9.17, 15) is 8.42 Å². The zero-order valence-electron chi connectivity index (χ0n) is 16.1. The molecule has 8 nitrogen and oxygen atoms in total. The fraction of sp³-hybridized carbons (Fsp3) is 0.421. The van der Waals surface area contributed by atoms with Crippen molar-refractivity contribution in [2.24, 2.45) is 10.6 Å². The lowest BCUT2D eigenvalue weighted by Crippen LogP contribution is -2.24. The summed E-state index contributed by atoms with van der Waals surface area (Å²) in [7, 11) is -3.74. The van der Waals surface area contributed by atoms with Gasteiger partial charge in [-0.1, -0.05) is 19.0 Å². The van der Waals surface area contributed by atoms with Crippen LogP contribution in [0.4, 0.5) is 0 Å². The molecule has 0 unspecified atom stereocenters. The predicted molar refractivity (Wildman–Crippen MR) is 104 cm³/mol. The Morgan fingerprint density at radius 2 is 1.96 bits per heavy atom. The molecule has 2 N–H and O–H groups in total. The van der Waals surface area contributed by atoms with Crippen LogP contribution in [0.5, 0.6) is 0 Å². The number of fused-ring (bicyclic) bond motifs is 1. The van der Waals surface area contributed by atoms with Gasteiger partial charge in [-0.15, -0.1) is 0 Å². The molecule has 1 aromatic carbocycles. The molecule has 0 amide bonds. The molecule has 2 aromatic heterocycles. The summed E-state index contributed by atoms with van der Waals surface area (Å²) in [4.78, 5) is 4.54. The van der Waals surface area contributed by atoms with Crippen molar-refractivity contribution in [2.75, 3.05) is 0 Å². The van der Waals surface area contributed by atoms with Crippen LogP contribution < -0.4 is 5.14 Å². The minimum Gasteiger partial charge on any atom is -0.332 e. The Morgan fingerprint density at radius 3 is 2.61 bits per heavy atom. The van der Waals surface area contributed by atoms with Crippen molar-refractivity contribution in [3.63, 3.8) is 0 Å². The van der Waals surface area contributed by atoms with Crippen molar-refractivity contribution in [1.29, 1.82) is 0 Å². The molecule has 0 spiro atoms. The van der Waals surface area contributed by atoms with Crippen molar-refractivity contribution >= 4 is 10.0 Å². The maximum absolute atomic E-state index is 11.4. The van der Waals surface area contributed by atoms with E-state index < -0.39 is 10.0 Å². The molecule has 0 fully saturated rings. The Hall–Kier alpha value is -2.52. The lowest BCUT2D eigenvalue weighted by atomic mass is 9.76. The molecule has 148 valence electrons. The third-order valence-corrected chi connectivity index (χ3v) is 6.16. The van der Waals surface area contributed by atoms with Crippen LogP contribution in [0.15, 0.2) is 33.7 Å². The summed E-state index contributed by atoms with van der Waals surface area (Å²) in [5.74, 6) is 0.764. The minimum atomic E-state index is -3.74. The number of rotatable bonds is 4. The second-order valence-electron chi connectivity index (χ2n) is 7.92. The van der Waals surface area contributed by atoms with Gasteiger partial charge < -0.3 is 4.52 Å². The highest BCUT2D eigenvalue weighted by molar-refractivity contribution is 7.89. The van der Waals surface area contributed by atoms with E-state index in [0.717, 1.165) is 31.5 Å². The minimum absolute atomic E-state index is 0.0401. The van der Waals surface area contributed by atoms with Crippen molar-refractivity contribution in [2.45, 2.75) is 51.5 Å².